The first-order valence-electron chi connectivity index (χ1n) is 8.79. The number of halogens is 2. The largest absolute Gasteiger partial charge is 0.493 e. The molecule has 0 aliphatic heterocycles. The zero-order valence-electron chi connectivity index (χ0n) is 17.2. The van der Waals surface area contributed by atoms with Gasteiger partial charge in [-0.05, 0) is 42.0 Å². The fourth-order valence-electron chi connectivity index (χ4n) is 2.55. The van der Waals surface area contributed by atoms with Crippen molar-refractivity contribution in [2.24, 2.45) is 4.99 Å². The van der Waals surface area contributed by atoms with Gasteiger partial charge in [0.15, 0.2) is 17.5 Å². The number of nitrogens with zero attached hydrogens (tertiary/aromatic N) is 1. The number of hydrogen-bond donors (Lipinski definition) is 3. The van der Waals surface area contributed by atoms with E-state index >= 15 is 0 Å². The summed E-state index contributed by atoms with van der Waals surface area (Å²) in [4.78, 5) is 16.1. The Bertz CT molecular complexity index is 837. The maximum absolute atomic E-state index is 12.9. The summed E-state index contributed by atoms with van der Waals surface area (Å²) in [6.07, 6.45) is 0. The van der Waals surface area contributed by atoms with E-state index in [9.17, 15) is 9.18 Å². The second-order valence-electron chi connectivity index (χ2n) is 5.87. The van der Waals surface area contributed by atoms with E-state index in [1.54, 1.807) is 28.4 Å². The molecule has 30 heavy (non-hydrogen) atoms. The molecule has 8 nitrogen and oxygen atoms in total. The van der Waals surface area contributed by atoms with Crippen LogP contribution in [0.4, 0.5) is 10.1 Å². The molecular weight excluding hydrogens is 506 g/mol. The van der Waals surface area contributed by atoms with Crippen molar-refractivity contribution < 1.29 is 23.4 Å². The number of hydrogen-bond acceptors (Lipinski definition) is 5. The molecule has 1 amide bonds. The summed E-state index contributed by atoms with van der Waals surface area (Å²) < 4.78 is 28.9. The van der Waals surface area contributed by atoms with Gasteiger partial charge in [0.1, 0.15) is 5.82 Å². The van der Waals surface area contributed by atoms with Crippen LogP contribution in [0, 0.1) is 5.82 Å². The number of carbonyl (C=O) groups excluding carboxylic acids is 1. The monoisotopic (exact) mass is 532 g/mol. The van der Waals surface area contributed by atoms with Crippen molar-refractivity contribution in [2.75, 3.05) is 40.2 Å². The van der Waals surface area contributed by atoms with Crippen LogP contribution in [0.5, 0.6) is 17.2 Å². The van der Waals surface area contributed by atoms with Gasteiger partial charge in [-0.25, -0.2) is 4.39 Å². The number of methoxy groups -OCH3 is 3. The van der Waals surface area contributed by atoms with E-state index in [2.05, 4.69) is 20.9 Å². The highest BCUT2D eigenvalue weighted by molar-refractivity contribution is 14.0. The van der Waals surface area contributed by atoms with Crippen LogP contribution in [0.15, 0.2) is 41.4 Å². The third kappa shape index (κ3) is 7.25. The third-order valence-corrected chi connectivity index (χ3v) is 3.95. The number of anilines is 1. The zero-order valence-corrected chi connectivity index (χ0v) is 19.6. The predicted molar refractivity (Wildman–Crippen MR) is 125 cm³/mol. The lowest BCUT2D eigenvalue weighted by Gasteiger charge is -2.16. The number of benzene rings is 2. The summed E-state index contributed by atoms with van der Waals surface area (Å²) in [5.41, 5.74) is 1.39. The van der Waals surface area contributed by atoms with Crippen LogP contribution in [0.1, 0.15) is 5.56 Å². The summed E-state index contributed by atoms with van der Waals surface area (Å²) in [5, 5.41) is 8.69. The molecule has 0 atom stereocenters. The Morgan fingerprint density at radius 3 is 2.10 bits per heavy atom. The van der Waals surface area contributed by atoms with Crippen molar-refractivity contribution in [3.05, 3.63) is 47.8 Å². The molecule has 0 radical (unpaired) electrons. The van der Waals surface area contributed by atoms with Gasteiger partial charge in [-0.2, -0.15) is 0 Å². The number of nitrogens with one attached hydrogen (secondary N) is 3. The molecule has 0 unspecified atom stereocenters. The molecule has 0 aliphatic carbocycles. The van der Waals surface area contributed by atoms with Crippen molar-refractivity contribution in [1.82, 2.24) is 10.6 Å². The van der Waals surface area contributed by atoms with Crippen LogP contribution in [0.25, 0.3) is 0 Å². The number of ether oxygens (including phenoxy) is 3. The molecule has 0 aliphatic rings. The Morgan fingerprint density at radius 2 is 1.60 bits per heavy atom. The molecular formula is C20H26FIN4O4. The quantitative estimate of drug-likeness (QED) is 0.275. The molecule has 3 N–H and O–H groups in total. The second-order valence-corrected chi connectivity index (χ2v) is 5.87. The molecule has 0 saturated carbocycles. The van der Waals surface area contributed by atoms with Crippen LogP contribution in [-0.2, 0) is 11.3 Å². The van der Waals surface area contributed by atoms with E-state index in [1.807, 2.05) is 12.1 Å². The summed E-state index contributed by atoms with van der Waals surface area (Å²) in [6.45, 7) is 0.405. The number of amides is 1. The van der Waals surface area contributed by atoms with Crippen molar-refractivity contribution in [3.8, 4) is 17.2 Å². The van der Waals surface area contributed by atoms with Gasteiger partial charge >= 0.3 is 0 Å². The molecule has 0 heterocycles. The maximum atomic E-state index is 12.9. The van der Waals surface area contributed by atoms with Crippen molar-refractivity contribution >= 4 is 41.5 Å². The predicted octanol–water partition coefficient (Wildman–Crippen LogP) is 2.77. The SMILES string of the molecule is CN=C(NCC(=O)Nc1ccc(F)cc1)NCc1cc(OC)c(OC)c(OC)c1.I. The highest BCUT2D eigenvalue weighted by Gasteiger charge is 2.13. The van der Waals surface area contributed by atoms with Gasteiger partial charge in [0, 0.05) is 19.3 Å². The van der Waals surface area contributed by atoms with Crippen molar-refractivity contribution in [2.45, 2.75) is 6.54 Å². The van der Waals surface area contributed by atoms with Crippen LogP contribution in [0.3, 0.4) is 0 Å². The minimum absolute atomic E-state index is 0. The van der Waals surface area contributed by atoms with Gasteiger partial charge in [0.25, 0.3) is 0 Å². The van der Waals surface area contributed by atoms with Crippen molar-refractivity contribution in [1.29, 1.82) is 0 Å². The summed E-state index contributed by atoms with van der Waals surface area (Å²) >= 11 is 0. The number of aliphatic imine (C=N–C) groups is 1. The first-order valence-corrected chi connectivity index (χ1v) is 8.79. The highest BCUT2D eigenvalue weighted by Crippen LogP contribution is 2.38. The molecule has 164 valence electrons. The van der Waals surface area contributed by atoms with Gasteiger partial charge in [0.05, 0.1) is 27.9 Å². The topological polar surface area (TPSA) is 93.2 Å². The average Bonchev–Trinajstić information content (AvgIpc) is 2.74. The Kier molecular flexibility index (Phi) is 10.7. The smallest absolute Gasteiger partial charge is 0.243 e. The zero-order chi connectivity index (χ0) is 21.2. The second kappa shape index (κ2) is 12.7. The average molecular weight is 532 g/mol. The number of guanidine groups is 1. The molecule has 0 spiro atoms. The summed E-state index contributed by atoms with van der Waals surface area (Å²) in [5.74, 6) is 1.40. The van der Waals surface area contributed by atoms with Crippen LogP contribution < -0.4 is 30.2 Å². The van der Waals surface area contributed by atoms with Crippen molar-refractivity contribution in [3.63, 3.8) is 0 Å². The van der Waals surface area contributed by atoms with E-state index in [1.165, 1.54) is 24.3 Å². The fraction of sp³-hybridized carbons (Fsp3) is 0.300. The van der Waals surface area contributed by atoms with E-state index in [4.69, 9.17) is 14.2 Å². The Labute approximate surface area is 192 Å². The van der Waals surface area contributed by atoms with Gasteiger partial charge in [-0.1, -0.05) is 0 Å². The fourth-order valence-corrected chi connectivity index (χ4v) is 2.55. The van der Waals surface area contributed by atoms with E-state index in [0.717, 1.165) is 5.56 Å². The lowest BCUT2D eigenvalue weighted by atomic mass is 10.2. The van der Waals surface area contributed by atoms with E-state index < -0.39 is 0 Å². The van der Waals surface area contributed by atoms with Gasteiger partial charge in [0.2, 0.25) is 11.7 Å². The Morgan fingerprint density at radius 1 is 1.00 bits per heavy atom. The van der Waals surface area contributed by atoms with E-state index in [0.29, 0.717) is 35.4 Å². The molecule has 2 rings (SSSR count). The first kappa shape index (κ1) is 25.3. The van der Waals surface area contributed by atoms with Gasteiger partial charge in [-0.3, -0.25) is 9.79 Å². The maximum Gasteiger partial charge on any atom is 0.243 e. The first-order chi connectivity index (χ1) is 14.0. The Balaban J connectivity index is 0.00000450. The van der Waals surface area contributed by atoms with Crippen LogP contribution in [0.2, 0.25) is 0 Å². The molecule has 2 aromatic carbocycles. The van der Waals surface area contributed by atoms with Gasteiger partial charge in [-0.15, -0.1) is 24.0 Å². The Hall–Kier alpha value is -2.76. The third-order valence-electron chi connectivity index (χ3n) is 3.95. The number of carbonyl (C=O) groups is 1. The van der Waals surface area contributed by atoms with Gasteiger partial charge < -0.3 is 30.2 Å². The normalized spacial score (nSPS) is 10.5. The minimum atomic E-state index is -0.363. The molecule has 10 heteroatoms. The minimum Gasteiger partial charge on any atom is -0.493 e. The molecule has 0 aromatic heterocycles. The van der Waals surface area contributed by atoms with Crippen LogP contribution >= 0.6 is 24.0 Å². The molecule has 0 saturated heterocycles. The van der Waals surface area contributed by atoms with E-state index in [-0.39, 0.29) is 42.2 Å². The summed E-state index contributed by atoms with van der Waals surface area (Å²) in [6, 6.07) is 9.18. The lowest BCUT2D eigenvalue weighted by molar-refractivity contribution is -0.115. The molecule has 0 bridgehead atoms. The molecule has 2 aromatic rings. The number of rotatable bonds is 8. The summed E-state index contributed by atoms with van der Waals surface area (Å²) in [7, 11) is 6.24. The highest BCUT2D eigenvalue weighted by atomic mass is 127. The lowest BCUT2D eigenvalue weighted by Crippen LogP contribution is -2.41. The van der Waals surface area contributed by atoms with Crippen LogP contribution in [-0.4, -0.2) is 46.8 Å². The molecule has 0 fully saturated rings. The standard InChI is InChI=1S/C20H25FN4O4.HI/c1-22-20(24-12-18(26)25-15-7-5-14(21)6-8-15)23-11-13-9-16(27-2)19(29-4)17(10-13)28-3;/h5-10H,11-12H2,1-4H3,(H,25,26)(H2,22,23,24);1H.